The molecule has 0 aliphatic heterocycles. The van der Waals surface area contributed by atoms with Crippen LogP contribution in [-0.4, -0.2) is 55.8 Å². The van der Waals surface area contributed by atoms with Crippen molar-refractivity contribution in [3.63, 3.8) is 0 Å². The number of aromatic amines is 1. The minimum atomic E-state index is -4.70. The van der Waals surface area contributed by atoms with E-state index in [1.807, 2.05) is 0 Å². The minimum Gasteiger partial charge on any atom is -0.384 e. The van der Waals surface area contributed by atoms with Crippen molar-refractivity contribution in [1.29, 1.82) is 0 Å². The zero-order valence-corrected chi connectivity index (χ0v) is 18.5. The molecule has 0 radical (unpaired) electrons. The summed E-state index contributed by atoms with van der Waals surface area (Å²) in [6.07, 6.45) is -6.81. The highest BCUT2D eigenvalue weighted by atomic mass is 32.2. The van der Waals surface area contributed by atoms with E-state index in [4.69, 9.17) is 10.5 Å². The molecule has 0 saturated carbocycles. The molecule has 0 amide bonds. The number of nitrogens with two attached hydrogens (primary N) is 1. The number of nitrogens with zero attached hydrogens (tertiary/aromatic N) is 3. The molecule has 3 aromatic rings. The van der Waals surface area contributed by atoms with Crippen LogP contribution in [0.15, 0.2) is 28.0 Å². The summed E-state index contributed by atoms with van der Waals surface area (Å²) in [4.78, 5) is 10.2. The smallest absolute Gasteiger partial charge is 0.384 e. The van der Waals surface area contributed by atoms with Crippen molar-refractivity contribution >= 4 is 32.5 Å². The van der Waals surface area contributed by atoms with Crippen LogP contribution in [0.1, 0.15) is 12.7 Å². The first-order valence-corrected chi connectivity index (χ1v) is 11.0. The molecule has 14 heteroatoms. The lowest BCUT2D eigenvalue weighted by molar-refractivity contribution is -0.215. The van der Waals surface area contributed by atoms with Crippen LogP contribution >= 0.6 is 0 Å². The van der Waals surface area contributed by atoms with Gasteiger partial charge < -0.3 is 20.4 Å². The van der Waals surface area contributed by atoms with Gasteiger partial charge in [-0.15, -0.1) is 0 Å². The molecule has 2 aromatic heterocycles. The van der Waals surface area contributed by atoms with E-state index in [-0.39, 0.29) is 29.3 Å². The lowest BCUT2D eigenvalue weighted by Gasteiger charge is -2.26. The topological polar surface area (TPSA) is 114 Å². The van der Waals surface area contributed by atoms with Crippen LogP contribution in [0.4, 0.5) is 33.6 Å². The fraction of sp³-hybridized carbons (Fsp3) is 0.368. The van der Waals surface area contributed by atoms with Gasteiger partial charge in [-0.1, -0.05) is 6.07 Å². The number of nitrogens with one attached hydrogen (secondary N) is 1. The van der Waals surface area contributed by atoms with Gasteiger partial charge in [0.2, 0.25) is 9.84 Å². The molecular weight excluding hydrogens is 473 g/mol. The highest BCUT2D eigenvalue weighted by molar-refractivity contribution is 7.92. The second-order valence-corrected chi connectivity index (χ2v) is 8.96. The highest BCUT2D eigenvalue weighted by Crippen LogP contribution is 2.37. The molecule has 33 heavy (non-hydrogen) atoms. The predicted octanol–water partition coefficient (Wildman–Crippen LogP) is 3.36. The van der Waals surface area contributed by atoms with Crippen molar-refractivity contribution in [3.05, 3.63) is 35.7 Å². The van der Waals surface area contributed by atoms with E-state index in [1.54, 1.807) is 0 Å². The van der Waals surface area contributed by atoms with E-state index in [1.165, 1.54) is 20.9 Å². The average Bonchev–Trinajstić information content (AvgIpc) is 3.04. The number of nitrogen functional groups attached to an aromatic ring is 1. The Hall–Kier alpha value is -3.00. The molecule has 0 bridgehead atoms. The van der Waals surface area contributed by atoms with Crippen molar-refractivity contribution in [1.82, 2.24) is 15.0 Å². The number of aromatic nitrogens is 3. The normalized spacial score (nSPS) is 13.5. The quantitative estimate of drug-likeness (QED) is 0.485. The summed E-state index contributed by atoms with van der Waals surface area (Å²) >= 11 is 0. The Morgan fingerprint density at radius 2 is 1.91 bits per heavy atom. The summed E-state index contributed by atoms with van der Waals surface area (Å²) in [7, 11) is -3.40. The van der Waals surface area contributed by atoms with Crippen molar-refractivity contribution < 1.29 is 35.1 Å². The van der Waals surface area contributed by atoms with E-state index < -0.39 is 55.9 Å². The first-order valence-electron chi connectivity index (χ1n) is 9.53. The minimum absolute atomic E-state index is 0.0134. The second kappa shape index (κ2) is 8.74. The first-order chi connectivity index (χ1) is 15.3. The van der Waals surface area contributed by atoms with E-state index in [0.29, 0.717) is 0 Å². The van der Waals surface area contributed by atoms with Gasteiger partial charge in [-0.2, -0.15) is 13.2 Å². The lowest BCUT2D eigenvalue weighted by Crippen LogP contribution is -2.42. The molecule has 1 atom stereocenters. The third-order valence-corrected chi connectivity index (χ3v) is 6.57. The van der Waals surface area contributed by atoms with Gasteiger partial charge in [-0.05, 0) is 26.0 Å². The number of H-pyrrole nitrogens is 1. The third kappa shape index (κ3) is 4.57. The largest absolute Gasteiger partial charge is 0.416 e. The van der Waals surface area contributed by atoms with Crippen LogP contribution in [0.5, 0.6) is 0 Å². The molecule has 3 rings (SSSR count). The van der Waals surface area contributed by atoms with E-state index in [0.717, 1.165) is 23.1 Å². The number of halogens is 5. The molecule has 0 aliphatic carbocycles. The summed E-state index contributed by atoms with van der Waals surface area (Å²) < 4.78 is 98.9. The maximum Gasteiger partial charge on any atom is 0.416 e. The summed E-state index contributed by atoms with van der Waals surface area (Å²) in [5.74, 6) is -3.51. The fourth-order valence-corrected chi connectivity index (χ4v) is 4.85. The van der Waals surface area contributed by atoms with Crippen LogP contribution in [0.25, 0.3) is 11.0 Å². The van der Waals surface area contributed by atoms with Crippen LogP contribution in [0, 0.1) is 18.6 Å². The Balaban J connectivity index is 2.18. The fourth-order valence-electron chi connectivity index (χ4n) is 3.29. The number of benzene rings is 1. The number of aryl methyl sites for hydroxylation is 1. The number of ether oxygens (including phenoxy) is 1. The molecule has 3 N–H and O–H groups in total. The molecule has 1 aromatic carbocycles. The van der Waals surface area contributed by atoms with Crippen LogP contribution in [-0.2, 0) is 14.6 Å². The van der Waals surface area contributed by atoms with Gasteiger partial charge in [0.1, 0.15) is 32.5 Å². The van der Waals surface area contributed by atoms with E-state index >= 15 is 0 Å². The number of hydrogen-bond donors (Lipinski definition) is 2. The maximum atomic E-state index is 14.3. The molecule has 0 aliphatic rings. The van der Waals surface area contributed by atoms with E-state index in [9.17, 15) is 30.4 Å². The monoisotopic (exact) mass is 493 g/mol. The number of sulfone groups is 1. The number of fused-ring (bicyclic) bond motifs is 1. The predicted molar refractivity (Wildman–Crippen MR) is 110 cm³/mol. The summed E-state index contributed by atoms with van der Waals surface area (Å²) in [6, 6.07) is 2.63. The Morgan fingerprint density at radius 1 is 1.24 bits per heavy atom. The number of hydrogen-bond acceptors (Lipinski definition) is 7. The molecule has 0 fully saturated rings. The summed E-state index contributed by atoms with van der Waals surface area (Å²) in [5, 5.41) is 0. The number of alkyl halides is 3. The Bertz CT molecular complexity index is 1290. The maximum absolute atomic E-state index is 14.3. The standard InChI is InChI=1S/C19H20F5N5O3S/c1-4-32-12(19(22,23)24)8-29(3)18-15-14(26-9(2)27-18)16(17(25)28-15)33(30,31)11-7-5-6-10(20)13(11)21/h5-7,12,28H,4,8,25H2,1-3H3. The van der Waals surface area contributed by atoms with Gasteiger partial charge in [0.25, 0.3) is 0 Å². The first kappa shape index (κ1) is 24.6. The van der Waals surface area contributed by atoms with Crippen molar-refractivity contribution in [2.75, 3.05) is 30.8 Å². The zero-order chi connectivity index (χ0) is 24.7. The van der Waals surface area contributed by atoms with Crippen LogP contribution in [0.2, 0.25) is 0 Å². The van der Waals surface area contributed by atoms with Gasteiger partial charge in [0.05, 0.1) is 6.54 Å². The van der Waals surface area contributed by atoms with Gasteiger partial charge in [0.15, 0.2) is 23.6 Å². The number of anilines is 2. The molecule has 0 spiro atoms. The van der Waals surface area contributed by atoms with Gasteiger partial charge >= 0.3 is 6.18 Å². The SMILES string of the molecule is CCOC(CN(C)c1nc(C)nc2c(S(=O)(=O)c3cccc(F)c3F)c(N)[nH]c12)C(F)(F)F. The van der Waals surface area contributed by atoms with Crippen LogP contribution < -0.4 is 10.6 Å². The second-order valence-electron chi connectivity index (χ2n) is 7.11. The van der Waals surface area contributed by atoms with Crippen molar-refractivity contribution in [3.8, 4) is 0 Å². The van der Waals surface area contributed by atoms with Gasteiger partial charge in [-0.3, -0.25) is 0 Å². The summed E-state index contributed by atoms with van der Waals surface area (Å²) in [5.41, 5.74) is 5.50. The Morgan fingerprint density at radius 3 is 2.52 bits per heavy atom. The Kier molecular flexibility index (Phi) is 6.53. The van der Waals surface area contributed by atoms with Crippen molar-refractivity contribution in [2.24, 2.45) is 0 Å². The molecule has 0 saturated heterocycles. The molecular formula is C19H20F5N5O3S. The highest BCUT2D eigenvalue weighted by Gasteiger charge is 2.41. The average molecular weight is 493 g/mol. The van der Waals surface area contributed by atoms with Gasteiger partial charge in [-0.25, -0.2) is 27.2 Å². The molecule has 180 valence electrons. The number of rotatable bonds is 7. The molecule has 8 nitrogen and oxygen atoms in total. The van der Waals surface area contributed by atoms with Crippen LogP contribution in [0.3, 0.4) is 0 Å². The lowest BCUT2D eigenvalue weighted by atomic mass is 10.3. The van der Waals surface area contributed by atoms with Gasteiger partial charge in [0, 0.05) is 13.7 Å². The summed E-state index contributed by atoms with van der Waals surface area (Å²) in [6.45, 7) is 1.96. The third-order valence-electron chi connectivity index (χ3n) is 4.73. The van der Waals surface area contributed by atoms with Crippen molar-refractivity contribution in [2.45, 2.75) is 35.9 Å². The zero-order valence-electron chi connectivity index (χ0n) is 17.7. The van der Waals surface area contributed by atoms with E-state index in [2.05, 4.69) is 15.0 Å². The molecule has 2 heterocycles. The Labute approximate surface area is 185 Å². The number of likely N-dealkylation sites (N-methyl/N-ethyl adjacent to an activating group) is 1. The molecule has 1 unspecified atom stereocenters.